The zero-order chi connectivity index (χ0) is 23.3. The van der Waals surface area contributed by atoms with Crippen LogP contribution < -0.4 is 9.64 Å². The van der Waals surface area contributed by atoms with Crippen LogP contribution in [0.5, 0.6) is 5.75 Å². The third-order valence-corrected chi connectivity index (χ3v) is 5.61. The van der Waals surface area contributed by atoms with Gasteiger partial charge in [-0.2, -0.15) is 8.78 Å². The number of amides is 2. The van der Waals surface area contributed by atoms with Crippen molar-refractivity contribution in [2.45, 2.75) is 38.0 Å². The highest BCUT2D eigenvalue weighted by Gasteiger charge is 2.42. The first-order chi connectivity index (χ1) is 15.2. The second kappa shape index (κ2) is 11.8. The van der Waals surface area contributed by atoms with E-state index < -0.39 is 24.8 Å². The molecule has 0 unspecified atom stereocenters. The number of hydrogen-bond acceptors (Lipinski definition) is 5. The number of anilines is 1. The zero-order valence-corrected chi connectivity index (χ0v) is 18.8. The molecule has 0 atom stereocenters. The molecule has 2 aliphatic rings. The summed E-state index contributed by atoms with van der Waals surface area (Å²) in [4.78, 5) is 28.9. The van der Waals surface area contributed by atoms with Gasteiger partial charge in [-0.05, 0) is 31.5 Å². The Morgan fingerprint density at radius 2 is 1.64 bits per heavy atom. The number of hydrogen-bond donors (Lipinski definition) is 0. The van der Waals surface area contributed by atoms with E-state index in [4.69, 9.17) is 4.74 Å². The van der Waals surface area contributed by atoms with E-state index >= 15 is 0 Å². The number of piperidine rings is 1. The lowest BCUT2D eigenvalue weighted by Gasteiger charge is -2.37. The van der Waals surface area contributed by atoms with Gasteiger partial charge in [0.2, 0.25) is 11.8 Å². The Kier molecular flexibility index (Phi) is 9.71. The minimum Gasteiger partial charge on any atom is -0.485 e. The summed E-state index contributed by atoms with van der Waals surface area (Å²) in [7, 11) is 0. The molecule has 2 amide bonds. The Bertz CT molecular complexity index is 806. The van der Waals surface area contributed by atoms with Gasteiger partial charge in [-0.3, -0.25) is 19.4 Å². The molecule has 3 rings (SSSR count). The first-order valence-electron chi connectivity index (χ1n) is 10.6. The Labute approximate surface area is 195 Å². The lowest BCUT2D eigenvalue weighted by atomic mass is 10.1. The molecule has 0 radical (unpaired) electrons. The monoisotopic (exact) mass is 499 g/mol. The number of alkyl halides is 4. The zero-order valence-electron chi connectivity index (χ0n) is 18.0. The van der Waals surface area contributed by atoms with Crippen LogP contribution in [-0.4, -0.2) is 79.8 Å². The molecule has 33 heavy (non-hydrogen) atoms. The van der Waals surface area contributed by atoms with E-state index in [2.05, 4.69) is 4.90 Å². The predicted molar refractivity (Wildman–Crippen MR) is 114 cm³/mol. The maximum Gasteiger partial charge on any atom is 0.340 e. The number of carbonyl (C=O) groups is 2. The molecule has 2 saturated heterocycles. The van der Waals surface area contributed by atoms with Gasteiger partial charge in [0.1, 0.15) is 11.6 Å². The molecule has 0 bridgehead atoms. The highest BCUT2D eigenvalue weighted by atomic mass is 35.5. The maximum atomic E-state index is 13.8. The molecule has 12 heteroatoms. The van der Waals surface area contributed by atoms with E-state index in [0.717, 1.165) is 18.2 Å². The highest BCUT2D eigenvalue weighted by molar-refractivity contribution is 5.97. The molecule has 1 aromatic carbocycles. The number of nitrogens with zero attached hydrogens (tertiary/aromatic N) is 3. The van der Waals surface area contributed by atoms with Gasteiger partial charge in [0, 0.05) is 51.6 Å². The van der Waals surface area contributed by atoms with Gasteiger partial charge >= 0.3 is 12.3 Å². The van der Waals surface area contributed by atoms with Gasteiger partial charge in [-0.15, -0.1) is 12.4 Å². The van der Waals surface area contributed by atoms with Crippen molar-refractivity contribution in [1.29, 1.82) is 0 Å². The topological polar surface area (TPSA) is 53.1 Å². The van der Waals surface area contributed by atoms with Crippen LogP contribution in [0, 0.1) is 5.82 Å². The number of piperazine rings is 1. The van der Waals surface area contributed by atoms with Gasteiger partial charge in [-0.25, -0.2) is 13.2 Å². The summed E-state index contributed by atoms with van der Waals surface area (Å²) in [6, 6.07) is 3.32. The van der Waals surface area contributed by atoms with Crippen LogP contribution >= 0.6 is 12.4 Å². The first kappa shape index (κ1) is 27.1. The molecule has 6 nitrogen and oxygen atoms in total. The summed E-state index contributed by atoms with van der Waals surface area (Å²) in [5, 5.41) is 0. The molecule has 0 aromatic heterocycles. The predicted octanol–water partition coefficient (Wildman–Crippen LogP) is 3.58. The number of halogens is 6. The number of benzene rings is 1. The van der Waals surface area contributed by atoms with Crippen molar-refractivity contribution < 1.29 is 36.3 Å². The molecule has 0 aliphatic carbocycles. The fourth-order valence-electron chi connectivity index (χ4n) is 3.81. The highest BCUT2D eigenvalue weighted by Crippen LogP contribution is 2.32. The van der Waals surface area contributed by atoms with Crippen molar-refractivity contribution in [3.63, 3.8) is 0 Å². The maximum absolute atomic E-state index is 13.8. The number of carbonyl (C=O) groups excluding carboxylic acids is 2. The van der Waals surface area contributed by atoms with Gasteiger partial charge in [0.15, 0.2) is 6.61 Å². The molecule has 2 aliphatic heterocycles. The van der Waals surface area contributed by atoms with Gasteiger partial charge in [0.05, 0.1) is 5.69 Å². The third-order valence-electron chi connectivity index (χ3n) is 5.61. The molecule has 2 fully saturated rings. The fraction of sp³-hybridized carbons (Fsp3) is 0.619. The van der Waals surface area contributed by atoms with Gasteiger partial charge in [-0.1, -0.05) is 0 Å². The SMILES string of the molecule is Cl.O=C1CCCC(=O)N1CCCN1CCN(c2cc(F)ccc2OCC(F)(F)C(F)F)CC1. The molecule has 2 heterocycles. The Balaban J connectivity index is 0.00000385. The lowest BCUT2D eigenvalue weighted by Crippen LogP contribution is -2.47. The Morgan fingerprint density at radius 1 is 1.00 bits per heavy atom. The van der Waals surface area contributed by atoms with E-state index in [1.807, 2.05) is 0 Å². The van der Waals surface area contributed by atoms with E-state index in [1.54, 1.807) is 4.90 Å². The van der Waals surface area contributed by atoms with Crippen molar-refractivity contribution in [1.82, 2.24) is 9.80 Å². The number of likely N-dealkylation sites (tertiary alicyclic amines) is 1. The average molecular weight is 500 g/mol. The minimum atomic E-state index is -4.30. The third kappa shape index (κ3) is 7.17. The summed E-state index contributed by atoms with van der Waals surface area (Å²) >= 11 is 0. The smallest absolute Gasteiger partial charge is 0.340 e. The molecular weight excluding hydrogens is 473 g/mol. The van der Waals surface area contributed by atoms with Crippen LogP contribution in [0.2, 0.25) is 0 Å². The van der Waals surface area contributed by atoms with E-state index in [9.17, 15) is 31.5 Å². The van der Waals surface area contributed by atoms with Gasteiger partial charge < -0.3 is 9.64 Å². The molecule has 1 aromatic rings. The van der Waals surface area contributed by atoms with Crippen molar-refractivity contribution in [3.05, 3.63) is 24.0 Å². The van der Waals surface area contributed by atoms with Crippen LogP contribution in [0.15, 0.2) is 18.2 Å². The standard InChI is InChI=1S/C21H26F5N3O3.ClH/c22-15-5-6-17(32-14-21(25,26)20(23)24)16(13-15)28-11-9-27(10-12-28)7-2-8-29-18(30)3-1-4-19(29)31;/h5-6,13,20H,1-4,7-12,14H2;1H. The molecule has 186 valence electrons. The van der Waals surface area contributed by atoms with Crippen molar-refractivity contribution in [2.24, 2.45) is 0 Å². The molecular formula is C21H27ClF5N3O3. The summed E-state index contributed by atoms with van der Waals surface area (Å²) in [6.07, 6.45) is -1.83. The van der Waals surface area contributed by atoms with E-state index in [1.165, 1.54) is 4.90 Å². The van der Waals surface area contributed by atoms with Crippen molar-refractivity contribution in [2.75, 3.05) is 50.8 Å². The summed E-state index contributed by atoms with van der Waals surface area (Å²) in [5.74, 6) is -5.25. The summed E-state index contributed by atoms with van der Waals surface area (Å²) in [6.45, 7) is 1.61. The molecule has 0 N–H and O–H groups in total. The van der Waals surface area contributed by atoms with Crippen LogP contribution in [0.4, 0.5) is 27.6 Å². The summed E-state index contributed by atoms with van der Waals surface area (Å²) < 4.78 is 69.9. The van der Waals surface area contributed by atoms with Crippen molar-refractivity contribution in [3.8, 4) is 5.75 Å². The molecule has 0 spiro atoms. The van der Waals surface area contributed by atoms with Gasteiger partial charge in [0.25, 0.3) is 0 Å². The number of rotatable bonds is 9. The minimum absolute atomic E-state index is 0. The Morgan fingerprint density at radius 3 is 2.24 bits per heavy atom. The average Bonchev–Trinajstić information content (AvgIpc) is 2.75. The normalized spacial score (nSPS) is 18.0. The van der Waals surface area contributed by atoms with Crippen LogP contribution in [0.25, 0.3) is 0 Å². The number of imide groups is 1. The van der Waals surface area contributed by atoms with E-state index in [-0.39, 0.29) is 35.7 Å². The van der Waals surface area contributed by atoms with Crippen molar-refractivity contribution >= 4 is 29.9 Å². The largest absolute Gasteiger partial charge is 0.485 e. The first-order valence-corrected chi connectivity index (χ1v) is 10.6. The van der Waals surface area contributed by atoms with Crippen LogP contribution in [0.1, 0.15) is 25.7 Å². The second-order valence-corrected chi connectivity index (χ2v) is 7.94. The quantitative estimate of drug-likeness (QED) is 0.384. The molecule has 0 saturated carbocycles. The number of ether oxygens (including phenoxy) is 1. The fourth-order valence-corrected chi connectivity index (χ4v) is 3.81. The second-order valence-electron chi connectivity index (χ2n) is 7.94. The Hall–Kier alpha value is -2.14. The summed E-state index contributed by atoms with van der Waals surface area (Å²) in [5.41, 5.74) is 0.235. The van der Waals surface area contributed by atoms with Crippen LogP contribution in [0.3, 0.4) is 0 Å². The van der Waals surface area contributed by atoms with E-state index in [0.29, 0.717) is 65.0 Å². The lowest BCUT2D eigenvalue weighted by molar-refractivity contribution is -0.148. The van der Waals surface area contributed by atoms with Crippen LogP contribution in [-0.2, 0) is 9.59 Å².